The van der Waals surface area contributed by atoms with E-state index in [1.165, 1.54) is 27.8 Å². The summed E-state index contributed by atoms with van der Waals surface area (Å²) in [5.74, 6) is 0.200. The van der Waals surface area contributed by atoms with Crippen molar-refractivity contribution in [1.29, 1.82) is 0 Å². The smallest absolute Gasteiger partial charge is 0.0659 e. The molecule has 12 bridgehead atoms. The fraction of sp³-hybridized carbons (Fsp3) is 0.111. The second kappa shape index (κ2) is 9.35. The molecule has 1 unspecified atom stereocenters. The average Bonchev–Trinajstić information content (AvgIpc) is 3.76. The quantitative estimate of drug-likeness (QED) is 0.231. The number of hydrogen-bond donors (Lipinski definition) is 2. The van der Waals surface area contributed by atoms with E-state index in [2.05, 4.69) is 107 Å². The zero-order valence-electron chi connectivity index (χ0n) is 22.1. The van der Waals surface area contributed by atoms with E-state index >= 15 is 0 Å². The first-order chi connectivity index (χ1) is 19.7. The van der Waals surface area contributed by atoms with Gasteiger partial charge in [-0.3, -0.25) is 0 Å². The second-order valence-electron chi connectivity index (χ2n) is 10.9. The molecule has 3 aromatic heterocycles. The molecule has 0 saturated carbocycles. The van der Waals surface area contributed by atoms with Gasteiger partial charge in [0, 0.05) is 28.0 Å². The number of benzene rings is 2. The van der Waals surface area contributed by atoms with Crippen molar-refractivity contribution in [2.75, 3.05) is 0 Å². The van der Waals surface area contributed by atoms with Crippen LogP contribution in [0.4, 0.5) is 0 Å². The minimum atomic E-state index is 0.200. The number of aromatic amines is 2. The Morgan fingerprint density at radius 1 is 0.500 bits per heavy atom. The lowest BCUT2D eigenvalue weighted by Gasteiger charge is -2.19. The molecule has 192 valence electrons. The van der Waals surface area contributed by atoms with Crippen LogP contribution >= 0.6 is 0 Å². The van der Waals surface area contributed by atoms with Crippen LogP contribution in [0.5, 0.6) is 0 Å². The summed E-state index contributed by atoms with van der Waals surface area (Å²) in [5.41, 5.74) is 14.6. The highest BCUT2D eigenvalue weighted by atomic mass is 14.8. The topological polar surface area (TPSA) is 57.4 Å². The molecule has 0 spiro atoms. The molecule has 11 rings (SSSR count). The molecular formula is C36H28N4. The summed E-state index contributed by atoms with van der Waals surface area (Å²) in [5, 5.41) is 0. The first kappa shape index (κ1) is 23.0. The van der Waals surface area contributed by atoms with Crippen LogP contribution in [0.3, 0.4) is 0 Å². The Morgan fingerprint density at radius 2 is 1.07 bits per heavy atom. The summed E-state index contributed by atoms with van der Waals surface area (Å²) in [6.45, 7) is 0. The van der Waals surface area contributed by atoms with E-state index < -0.39 is 0 Å². The number of aryl methyl sites for hydroxylation is 2. The molecule has 2 aromatic carbocycles. The molecule has 5 aromatic rings. The first-order valence-corrected chi connectivity index (χ1v) is 14.0. The summed E-state index contributed by atoms with van der Waals surface area (Å²) in [6.07, 6.45) is 11.3. The SMILES string of the molecule is C1=Cc2cc3ccc(cc4cc(C5Cc6ccc(cc6)CCc6ccc5cc6)c(cc5nc(cc1n2)C=C5)[nH]4)[nH]3. The predicted molar refractivity (Wildman–Crippen MR) is 165 cm³/mol. The van der Waals surface area contributed by atoms with Crippen LogP contribution in [0.25, 0.3) is 46.4 Å². The number of rotatable bonds is 1. The number of nitrogens with one attached hydrogen (secondary N) is 2. The third-order valence-corrected chi connectivity index (χ3v) is 8.12. The molecule has 0 amide bonds. The Morgan fingerprint density at radius 3 is 1.77 bits per heavy atom. The van der Waals surface area contributed by atoms with Gasteiger partial charge in [-0.15, -0.1) is 0 Å². The lowest BCUT2D eigenvalue weighted by atomic mass is 9.84. The molecule has 6 aliphatic rings. The summed E-state index contributed by atoms with van der Waals surface area (Å²) >= 11 is 0. The monoisotopic (exact) mass is 516 g/mol. The Bertz CT molecular complexity index is 1970. The van der Waals surface area contributed by atoms with Gasteiger partial charge in [0.25, 0.3) is 0 Å². The van der Waals surface area contributed by atoms with Gasteiger partial charge in [-0.25, -0.2) is 9.97 Å². The van der Waals surface area contributed by atoms with Crippen molar-refractivity contribution in [3.63, 3.8) is 0 Å². The van der Waals surface area contributed by atoms with Gasteiger partial charge < -0.3 is 9.97 Å². The van der Waals surface area contributed by atoms with Crippen LogP contribution in [0, 0.1) is 0 Å². The number of hydrogen-bond acceptors (Lipinski definition) is 2. The molecule has 4 heteroatoms. The Hall–Kier alpha value is -4.96. The average molecular weight is 517 g/mol. The number of nitrogens with zero attached hydrogens (tertiary/aromatic N) is 2. The van der Waals surface area contributed by atoms with Crippen molar-refractivity contribution in [3.8, 4) is 0 Å². The lowest BCUT2D eigenvalue weighted by molar-refractivity contribution is 0.807. The van der Waals surface area contributed by atoms with Crippen LogP contribution < -0.4 is 0 Å². The maximum absolute atomic E-state index is 4.91. The number of aromatic nitrogens is 4. The van der Waals surface area contributed by atoms with Gasteiger partial charge in [-0.2, -0.15) is 0 Å². The molecule has 40 heavy (non-hydrogen) atoms. The van der Waals surface area contributed by atoms with E-state index in [-0.39, 0.29) is 5.92 Å². The molecule has 2 aliphatic heterocycles. The van der Waals surface area contributed by atoms with Gasteiger partial charge in [0.05, 0.1) is 22.8 Å². The van der Waals surface area contributed by atoms with E-state index in [9.17, 15) is 0 Å². The third kappa shape index (κ3) is 4.48. The van der Waals surface area contributed by atoms with Crippen molar-refractivity contribution >= 4 is 46.4 Å². The predicted octanol–water partition coefficient (Wildman–Crippen LogP) is 8.13. The van der Waals surface area contributed by atoms with E-state index in [1.807, 2.05) is 18.2 Å². The van der Waals surface area contributed by atoms with Crippen LogP contribution in [-0.4, -0.2) is 19.9 Å². The molecule has 4 aliphatic carbocycles. The Kier molecular flexibility index (Phi) is 5.37. The van der Waals surface area contributed by atoms with E-state index in [0.717, 1.165) is 64.1 Å². The van der Waals surface area contributed by atoms with Gasteiger partial charge in [0.15, 0.2) is 0 Å². The highest BCUT2D eigenvalue weighted by Gasteiger charge is 2.19. The van der Waals surface area contributed by atoms with Gasteiger partial charge in [0.2, 0.25) is 0 Å². The van der Waals surface area contributed by atoms with Crippen molar-refractivity contribution in [2.45, 2.75) is 25.2 Å². The lowest BCUT2D eigenvalue weighted by Crippen LogP contribution is -2.06. The second-order valence-corrected chi connectivity index (χ2v) is 10.9. The minimum Gasteiger partial charge on any atom is -0.355 e. The highest BCUT2D eigenvalue weighted by Crippen LogP contribution is 2.34. The normalized spacial score (nSPS) is 15.8. The van der Waals surface area contributed by atoms with Crippen molar-refractivity contribution < 1.29 is 0 Å². The number of fused-ring (bicyclic) bond motifs is 8. The molecule has 0 radical (unpaired) electrons. The molecule has 0 fully saturated rings. The van der Waals surface area contributed by atoms with E-state index in [1.54, 1.807) is 0 Å². The van der Waals surface area contributed by atoms with Crippen LogP contribution in [0.1, 0.15) is 56.5 Å². The largest absolute Gasteiger partial charge is 0.355 e. The van der Waals surface area contributed by atoms with E-state index in [0.29, 0.717) is 0 Å². The van der Waals surface area contributed by atoms with Gasteiger partial charge in [0.1, 0.15) is 0 Å². The molecule has 0 saturated heterocycles. The van der Waals surface area contributed by atoms with Crippen molar-refractivity contribution in [3.05, 3.63) is 142 Å². The zero-order valence-corrected chi connectivity index (χ0v) is 22.1. The van der Waals surface area contributed by atoms with Gasteiger partial charge in [-0.1, -0.05) is 48.5 Å². The minimum absolute atomic E-state index is 0.200. The summed E-state index contributed by atoms with van der Waals surface area (Å²) < 4.78 is 0. The Labute approximate surface area is 232 Å². The summed E-state index contributed by atoms with van der Waals surface area (Å²) in [4.78, 5) is 16.9. The fourth-order valence-corrected chi connectivity index (χ4v) is 6.02. The molecule has 5 heterocycles. The molecule has 2 N–H and O–H groups in total. The highest BCUT2D eigenvalue weighted by molar-refractivity contribution is 5.78. The van der Waals surface area contributed by atoms with Gasteiger partial charge in [-0.05, 0) is 114 Å². The third-order valence-electron chi connectivity index (χ3n) is 8.12. The zero-order chi connectivity index (χ0) is 26.5. The van der Waals surface area contributed by atoms with Crippen LogP contribution in [-0.2, 0) is 19.3 Å². The number of H-pyrrole nitrogens is 2. The molecule has 1 atom stereocenters. The van der Waals surface area contributed by atoms with Crippen molar-refractivity contribution in [2.24, 2.45) is 0 Å². The Balaban J connectivity index is 1.37. The summed E-state index contributed by atoms with van der Waals surface area (Å²) in [7, 11) is 0. The maximum atomic E-state index is 4.91. The summed E-state index contributed by atoms with van der Waals surface area (Å²) in [6, 6.07) is 33.5. The van der Waals surface area contributed by atoms with Crippen LogP contribution in [0.15, 0.2) is 91.0 Å². The van der Waals surface area contributed by atoms with Crippen molar-refractivity contribution in [1.82, 2.24) is 19.9 Å². The van der Waals surface area contributed by atoms with Gasteiger partial charge >= 0.3 is 0 Å². The molecular weight excluding hydrogens is 488 g/mol. The molecule has 4 nitrogen and oxygen atoms in total. The fourth-order valence-electron chi connectivity index (χ4n) is 6.02. The maximum Gasteiger partial charge on any atom is 0.0659 e. The standard InChI is InChI=1S/C36H28N4/c1-2-24-7-9-26(10-8-24)34(17-25-5-3-23(1)4-6-25)35-21-33-20-31-14-13-29(38-31)18-27-11-12-28(37-27)19-30-15-16-32(39-30)22-36(35)40-33/h3-16,18-22,34,38,40H,1-2,17H2. The van der Waals surface area contributed by atoms with E-state index in [4.69, 9.17) is 9.97 Å². The van der Waals surface area contributed by atoms with Crippen LogP contribution in [0.2, 0.25) is 0 Å². The first-order valence-electron chi connectivity index (χ1n) is 14.0.